The van der Waals surface area contributed by atoms with Gasteiger partial charge in [0.25, 0.3) is 0 Å². The topological polar surface area (TPSA) is 48.5 Å². The molecule has 8 heteroatoms. The molecule has 0 bridgehead atoms. The van der Waals surface area contributed by atoms with Gasteiger partial charge in [-0.2, -0.15) is 13.2 Å². The third-order valence-electron chi connectivity index (χ3n) is 5.10. The number of nitrogens with one attached hydrogen (secondary N) is 1. The van der Waals surface area contributed by atoms with E-state index in [2.05, 4.69) is 15.2 Å². The minimum Gasteiger partial charge on any atom is -0.355 e. The molecule has 2 heterocycles. The number of pyridine rings is 1. The van der Waals surface area contributed by atoms with E-state index >= 15 is 0 Å². The van der Waals surface area contributed by atoms with Crippen LogP contribution in [0.4, 0.5) is 24.7 Å². The van der Waals surface area contributed by atoms with Crippen molar-refractivity contribution in [3.05, 3.63) is 53.2 Å². The van der Waals surface area contributed by atoms with E-state index in [4.69, 9.17) is 0 Å². The Morgan fingerprint density at radius 3 is 2.41 bits per heavy atom. The number of carbonyl (C=O) groups is 1. The SMILES string of the molecule is Cc1cccc(C)c1NC(=O)CN1CCCN(c2ccc(C(F)(F)F)cn2)CC1. The number of amides is 1. The number of aromatic nitrogens is 1. The molecule has 0 radical (unpaired) electrons. The van der Waals surface area contributed by atoms with Crippen LogP contribution in [0.1, 0.15) is 23.1 Å². The summed E-state index contributed by atoms with van der Waals surface area (Å²) in [7, 11) is 0. The van der Waals surface area contributed by atoms with Crippen LogP contribution in [-0.4, -0.2) is 48.5 Å². The highest BCUT2D eigenvalue weighted by Crippen LogP contribution is 2.29. The molecule has 1 aliphatic heterocycles. The lowest BCUT2D eigenvalue weighted by atomic mass is 10.1. The third-order valence-corrected chi connectivity index (χ3v) is 5.10. The highest BCUT2D eigenvalue weighted by Gasteiger charge is 2.31. The van der Waals surface area contributed by atoms with Gasteiger partial charge in [0.05, 0.1) is 12.1 Å². The predicted molar refractivity (Wildman–Crippen MR) is 107 cm³/mol. The van der Waals surface area contributed by atoms with Gasteiger partial charge in [0.2, 0.25) is 5.91 Å². The number of carbonyl (C=O) groups excluding carboxylic acids is 1. The quantitative estimate of drug-likeness (QED) is 0.838. The molecule has 1 aromatic carbocycles. The fourth-order valence-corrected chi connectivity index (χ4v) is 3.49. The van der Waals surface area contributed by atoms with Crippen molar-refractivity contribution in [2.45, 2.75) is 26.4 Å². The molecule has 0 atom stereocenters. The maximum absolute atomic E-state index is 12.7. The Morgan fingerprint density at radius 1 is 1.07 bits per heavy atom. The van der Waals surface area contributed by atoms with Gasteiger partial charge in [-0.1, -0.05) is 18.2 Å². The highest BCUT2D eigenvalue weighted by atomic mass is 19.4. The number of benzene rings is 1. The van der Waals surface area contributed by atoms with Crippen LogP contribution < -0.4 is 10.2 Å². The van der Waals surface area contributed by atoms with Gasteiger partial charge in [-0.15, -0.1) is 0 Å². The van der Waals surface area contributed by atoms with Crippen molar-refractivity contribution >= 4 is 17.4 Å². The summed E-state index contributed by atoms with van der Waals surface area (Å²) in [6.07, 6.45) is -2.71. The van der Waals surface area contributed by atoms with Gasteiger partial charge in [-0.05, 0) is 43.5 Å². The molecule has 1 amide bonds. The van der Waals surface area contributed by atoms with Crippen molar-refractivity contribution in [2.24, 2.45) is 0 Å². The van der Waals surface area contributed by atoms with E-state index in [-0.39, 0.29) is 12.5 Å². The van der Waals surface area contributed by atoms with Crippen molar-refractivity contribution < 1.29 is 18.0 Å². The fraction of sp³-hybridized carbons (Fsp3) is 0.429. The normalized spacial score (nSPS) is 15.8. The van der Waals surface area contributed by atoms with Gasteiger partial charge in [-0.25, -0.2) is 4.98 Å². The molecule has 1 aromatic heterocycles. The van der Waals surface area contributed by atoms with Crippen LogP contribution in [0.3, 0.4) is 0 Å². The molecule has 0 saturated carbocycles. The minimum atomic E-state index is -4.38. The zero-order valence-electron chi connectivity index (χ0n) is 16.6. The molecule has 5 nitrogen and oxygen atoms in total. The van der Waals surface area contributed by atoms with Crippen LogP contribution in [0.25, 0.3) is 0 Å². The van der Waals surface area contributed by atoms with Crippen LogP contribution in [0.5, 0.6) is 0 Å². The molecule has 0 spiro atoms. The van der Waals surface area contributed by atoms with Gasteiger partial charge in [0.1, 0.15) is 5.82 Å². The Bertz CT molecular complexity index is 832. The molecule has 1 aliphatic rings. The number of alkyl halides is 3. The fourth-order valence-electron chi connectivity index (χ4n) is 3.49. The van der Waals surface area contributed by atoms with Crippen LogP contribution in [0.2, 0.25) is 0 Å². The van der Waals surface area contributed by atoms with E-state index in [9.17, 15) is 18.0 Å². The predicted octanol–water partition coefficient (Wildman–Crippen LogP) is 3.87. The second-order valence-corrected chi connectivity index (χ2v) is 7.33. The molecule has 0 unspecified atom stereocenters. The average Bonchev–Trinajstić information content (AvgIpc) is 2.90. The lowest BCUT2D eigenvalue weighted by Crippen LogP contribution is -2.36. The van der Waals surface area contributed by atoms with Gasteiger partial charge < -0.3 is 10.2 Å². The van der Waals surface area contributed by atoms with E-state index in [1.54, 1.807) is 0 Å². The second kappa shape index (κ2) is 8.82. The largest absolute Gasteiger partial charge is 0.417 e. The van der Waals surface area contributed by atoms with Crippen LogP contribution in [0.15, 0.2) is 36.5 Å². The number of halogens is 3. The minimum absolute atomic E-state index is 0.0662. The summed E-state index contributed by atoms with van der Waals surface area (Å²) in [5, 5.41) is 3.00. The summed E-state index contributed by atoms with van der Waals surface area (Å²) in [5.41, 5.74) is 2.14. The summed E-state index contributed by atoms with van der Waals surface area (Å²) >= 11 is 0. The Hall–Kier alpha value is -2.61. The Morgan fingerprint density at radius 2 is 1.79 bits per heavy atom. The summed E-state index contributed by atoms with van der Waals surface area (Å²) in [5.74, 6) is 0.461. The Balaban J connectivity index is 1.56. The van der Waals surface area contributed by atoms with Gasteiger partial charge in [0.15, 0.2) is 0 Å². The maximum Gasteiger partial charge on any atom is 0.417 e. The average molecular weight is 406 g/mol. The number of anilines is 2. The first-order valence-corrected chi connectivity index (χ1v) is 9.60. The zero-order valence-corrected chi connectivity index (χ0v) is 16.6. The lowest BCUT2D eigenvalue weighted by molar-refractivity contribution is -0.137. The van der Waals surface area contributed by atoms with Gasteiger partial charge in [-0.3, -0.25) is 9.69 Å². The van der Waals surface area contributed by atoms with Crippen LogP contribution >= 0.6 is 0 Å². The number of nitrogens with zero attached hydrogens (tertiary/aromatic N) is 3. The Kier molecular flexibility index (Phi) is 6.42. The number of para-hydroxylation sites is 1. The molecule has 3 rings (SSSR count). The smallest absolute Gasteiger partial charge is 0.355 e. The molecule has 1 saturated heterocycles. The van der Waals surface area contributed by atoms with Crippen molar-refractivity contribution in [3.63, 3.8) is 0 Å². The van der Waals surface area contributed by atoms with Gasteiger partial charge in [0, 0.05) is 38.1 Å². The first kappa shape index (κ1) is 21.1. The lowest BCUT2D eigenvalue weighted by Gasteiger charge is -2.23. The van der Waals surface area contributed by atoms with Crippen molar-refractivity contribution in [1.29, 1.82) is 0 Å². The summed E-state index contributed by atoms with van der Waals surface area (Å²) < 4.78 is 38.1. The molecule has 2 aromatic rings. The molecular formula is C21H25F3N4O. The molecule has 1 fully saturated rings. The van der Waals surface area contributed by atoms with E-state index in [0.717, 1.165) is 42.0 Å². The van der Waals surface area contributed by atoms with Gasteiger partial charge >= 0.3 is 6.18 Å². The molecule has 156 valence electrons. The first-order valence-electron chi connectivity index (χ1n) is 9.60. The van der Waals surface area contributed by atoms with E-state index in [0.29, 0.717) is 25.5 Å². The summed E-state index contributed by atoms with van der Waals surface area (Å²) in [4.78, 5) is 20.5. The van der Waals surface area contributed by atoms with Crippen LogP contribution in [-0.2, 0) is 11.0 Å². The molecule has 29 heavy (non-hydrogen) atoms. The van der Waals surface area contributed by atoms with Crippen molar-refractivity contribution in [3.8, 4) is 0 Å². The second-order valence-electron chi connectivity index (χ2n) is 7.33. The number of hydrogen-bond donors (Lipinski definition) is 1. The molecule has 1 N–H and O–H groups in total. The number of hydrogen-bond acceptors (Lipinski definition) is 4. The first-order chi connectivity index (χ1) is 13.7. The highest BCUT2D eigenvalue weighted by molar-refractivity contribution is 5.93. The van der Waals surface area contributed by atoms with E-state index in [1.807, 2.05) is 36.9 Å². The van der Waals surface area contributed by atoms with Crippen molar-refractivity contribution in [2.75, 3.05) is 42.9 Å². The van der Waals surface area contributed by atoms with E-state index < -0.39 is 11.7 Å². The number of aryl methyl sites for hydroxylation is 2. The maximum atomic E-state index is 12.7. The van der Waals surface area contributed by atoms with Crippen LogP contribution in [0, 0.1) is 13.8 Å². The third kappa shape index (κ3) is 5.47. The monoisotopic (exact) mass is 406 g/mol. The van der Waals surface area contributed by atoms with Crippen molar-refractivity contribution in [1.82, 2.24) is 9.88 Å². The molecule has 0 aliphatic carbocycles. The standard InChI is InChI=1S/C21H25F3N4O/c1-15-5-3-6-16(2)20(15)26-19(29)14-27-9-4-10-28(12-11-27)18-8-7-17(13-25-18)21(22,23)24/h3,5-8,13H,4,9-12,14H2,1-2H3,(H,26,29). The van der Waals surface area contributed by atoms with E-state index in [1.165, 1.54) is 6.07 Å². The zero-order chi connectivity index (χ0) is 21.0. The molecular weight excluding hydrogens is 381 g/mol. The summed E-state index contributed by atoms with van der Waals surface area (Å²) in [6, 6.07) is 8.35. The Labute approximate surface area is 168 Å². The number of rotatable bonds is 4. The summed E-state index contributed by atoms with van der Waals surface area (Å²) in [6.45, 7) is 6.89.